The third-order valence-corrected chi connectivity index (χ3v) is 6.65. The number of carbonyl (C=O) groups is 3. The van der Waals surface area contributed by atoms with Crippen molar-refractivity contribution in [3.05, 3.63) is 59.7 Å². The molecular formula is C27H34N2O5. The van der Waals surface area contributed by atoms with E-state index in [0.29, 0.717) is 6.42 Å². The lowest BCUT2D eigenvalue weighted by molar-refractivity contribution is -0.150. The van der Waals surface area contributed by atoms with Gasteiger partial charge in [-0.3, -0.25) is 9.59 Å². The van der Waals surface area contributed by atoms with E-state index in [9.17, 15) is 19.5 Å². The number of benzene rings is 2. The molecule has 0 saturated heterocycles. The van der Waals surface area contributed by atoms with Crippen LogP contribution in [0, 0.1) is 11.3 Å². The van der Waals surface area contributed by atoms with Gasteiger partial charge in [0.15, 0.2) is 0 Å². The van der Waals surface area contributed by atoms with Gasteiger partial charge in [0.25, 0.3) is 0 Å². The Balaban J connectivity index is 1.65. The number of hydrogen-bond donors (Lipinski definition) is 3. The zero-order valence-electron chi connectivity index (χ0n) is 20.4. The first-order valence-electron chi connectivity index (χ1n) is 11.7. The summed E-state index contributed by atoms with van der Waals surface area (Å²) in [6.07, 6.45) is -0.337. The van der Waals surface area contributed by atoms with Crippen LogP contribution in [0.3, 0.4) is 0 Å². The lowest BCUT2D eigenvalue weighted by Crippen LogP contribution is -2.56. The minimum absolute atomic E-state index is 0.0752. The summed E-state index contributed by atoms with van der Waals surface area (Å²) in [6, 6.07) is 14.7. The fraction of sp³-hybridized carbons (Fsp3) is 0.444. The Morgan fingerprint density at radius 1 is 0.971 bits per heavy atom. The molecule has 0 aromatic heterocycles. The van der Waals surface area contributed by atoms with E-state index >= 15 is 0 Å². The molecule has 3 N–H and O–H groups in total. The van der Waals surface area contributed by atoms with Crippen molar-refractivity contribution in [1.29, 1.82) is 0 Å². The van der Waals surface area contributed by atoms with Crippen LogP contribution in [-0.4, -0.2) is 41.8 Å². The molecule has 0 radical (unpaired) electrons. The van der Waals surface area contributed by atoms with E-state index in [4.69, 9.17) is 4.74 Å². The minimum atomic E-state index is -1.16. The van der Waals surface area contributed by atoms with Gasteiger partial charge >= 0.3 is 12.1 Å². The average Bonchev–Trinajstić information content (AvgIpc) is 3.12. The molecule has 2 aromatic rings. The number of nitrogens with one attached hydrogen (secondary N) is 2. The van der Waals surface area contributed by atoms with Crippen LogP contribution in [0.15, 0.2) is 48.5 Å². The summed E-state index contributed by atoms with van der Waals surface area (Å²) < 4.78 is 5.56. The summed E-state index contributed by atoms with van der Waals surface area (Å²) in [6.45, 7) is 8.81. The number of aliphatic carboxylic acids is 1. The molecule has 182 valence electrons. The number of ether oxygens (including phenoxy) is 1. The Kier molecular flexibility index (Phi) is 7.64. The minimum Gasteiger partial charge on any atom is -0.481 e. The van der Waals surface area contributed by atoms with Gasteiger partial charge in [-0.05, 0) is 48.4 Å². The molecule has 2 atom stereocenters. The van der Waals surface area contributed by atoms with Crippen molar-refractivity contribution in [2.24, 2.45) is 11.3 Å². The molecule has 1 unspecified atom stereocenters. The smallest absolute Gasteiger partial charge is 0.407 e. The van der Waals surface area contributed by atoms with Crippen molar-refractivity contribution >= 4 is 18.0 Å². The molecular weight excluding hydrogens is 432 g/mol. The second-order valence-corrected chi connectivity index (χ2v) is 9.69. The highest BCUT2D eigenvalue weighted by Crippen LogP contribution is 2.44. The first kappa shape index (κ1) is 25.3. The number of amides is 2. The number of fused-ring (bicyclic) bond motifs is 3. The van der Waals surface area contributed by atoms with Gasteiger partial charge in [0.1, 0.15) is 12.6 Å². The van der Waals surface area contributed by atoms with Crippen molar-refractivity contribution in [2.45, 2.75) is 59.0 Å². The highest BCUT2D eigenvalue weighted by molar-refractivity contribution is 5.87. The fourth-order valence-electron chi connectivity index (χ4n) is 4.70. The Morgan fingerprint density at radius 2 is 1.50 bits per heavy atom. The first-order chi connectivity index (χ1) is 16.1. The third-order valence-electron chi connectivity index (χ3n) is 6.65. The summed E-state index contributed by atoms with van der Waals surface area (Å²) in [5.41, 5.74) is 3.33. The Bertz CT molecular complexity index is 1020. The van der Waals surface area contributed by atoms with Crippen LogP contribution >= 0.6 is 0 Å². The molecule has 2 amide bonds. The van der Waals surface area contributed by atoms with E-state index in [1.54, 1.807) is 20.8 Å². The molecule has 3 rings (SSSR count). The largest absolute Gasteiger partial charge is 0.481 e. The monoisotopic (exact) mass is 466 g/mol. The van der Waals surface area contributed by atoms with Gasteiger partial charge in [-0.1, -0.05) is 69.3 Å². The number of hydrogen-bond acceptors (Lipinski definition) is 4. The van der Waals surface area contributed by atoms with Crippen LogP contribution in [0.2, 0.25) is 0 Å². The lowest BCUT2D eigenvalue weighted by atomic mass is 9.78. The van der Waals surface area contributed by atoms with Gasteiger partial charge in [0.2, 0.25) is 5.91 Å². The average molecular weight is 467 g/mol. The molecule has 1 aliphatic carbocycles. The van der Waals surface area contributed by atoms with Crippen molar-refractivity contribution in [3.63, 3.8) is 0 Å². The highest BCUT2D eigenvalue weighted by atomic mass is 16.5. The quantitative estimate of drug-likeness (QED) is 0.503. The molecule has 34 heavy (non-hydrogen) atoms. The maximum absolute atomic E-state index is 12.9. The SMILES string of the molecule is CC[C@H](NC(=O)OCC1c2ccccc2-c2ccccc21)C(=O)NC(C(C)C)C(C)(C)C(=O)O. The van der Waals surface area contributed by atoms with Gasteiger partial charge in [0.05, 0.1) is 5.41 Å². The summed E-state index contributed by atoms with van der Waals surface area (Å²) >= 11 is 0. The maximum Gasteiger partial charge on any atom is 0.407 e. The second-order valence-electron chi connectivity index (χ2n) is 9.69. The summed E-state index contributed by atoms with van der Waals surface area (Å²) in [5, 5.41) is 15.1. The summed E-state index contributed by atoms with van der Waals surface area (Å²) in [4.78, 5) is 37.2. The van der Waals surface area contributed by atoms with Crippen LogP contribution in [0.1, 0.15) is 58.1 Å². The Labute approximate surface area is 200 Å². The molecule has 7 heteroatoms. The molecule has 0 bridgehead atoms. The zero-order valence-corrected chi connectivity index (χ0v) is 20.4. The molecule has 0 fully saturated rings. The van der Waals surface area contributed by atoms with E-state index in [2.05, 4.69) is 22.8 Å². The van der Waals surface area contributed by atoms with Gasteiger partial charge in [-0.15, -0.1) is 0 Å². The normalized spacial score (nSPS) is 14.6. The first-order valence-corrected chi connectivity index (χ1v) is 11.7. The number of rotatable bonds is 9. The topological polar surface area (TPSA) is 105 Å². The molecule has 7 nitrogen and oxygen atoms in total. The van der Waals surface area contributed by atoms with Crippen LogP contribution < -0.4 is 10.6 Å². The molecule has 0 heterocycles. The zero-order chi connectivity index (χ0) is 25.0. The Morgan fingerprint density at radius 3 is 1.97 bits per heavy atom. The van der Waals surface area contributed by atoms with Crippen molar-refractivity contribution in [3.8, 4) is 11.1 Å². The van der Waals surface area contributed by atoms with E-state index in [-0.39, 0.29) is 18.4 Å². The molecule has 0 saturated carbocycles. The van der Waals surface area contributed by atoms with Crippen molar-refractivity contribution < 1.29 is 24.2 Å². The molecule has 0 spiro atoms. The predicted molar refractivity (Wildman–Crippen MR) is 130 cm³/mol. The number of carboxylic acid groups (broad SMARTS) is 1. The van der Waals surface area contributed by atoms with Crippen LogP contribution in [0.5, 0.6) is 0 Å². The summed E-state index contributed by atoms with van der Waals surface area (Å²) in [5.74, 6) is -1.61. The Hall–Kier alpha value is -3.35. The standard InChI is InChI=1S/C27H34N2O5/c1-6-22(24(30)29-23(16(2)3)27(4,5)25(31)32)28-26(33)34-15-21-19-13-9-7-11-17(19)18-12-8-10-14-20(18)21/h7-14,16,21-23H,6,15H2,1-5H3,(H,28,33)(H,29,30)(H,31,32)/t22-,23?/m0/s1. The maximum atomic E-state index is 12.9. The third kappa shape index (κ3) is 5.08. The fourth-order valence-corrected chi connectivity index (χ4v) is 4.70. The van der Waals surface area contributed by atoms with Crippen molar-refractivity contribution in [1.82, 2.24) is 10.6 Å². The predicted octanol–water partition coefficient (Wildman–Crippen LogP) is 4.56. The summed E-state index contributed by atoms with van der Waals surface area (Å²) in [7, 11) is 0. The van der Waals surface area contributed by atoms with Gasteiger partial charge in [0, 0.05) is 12.0 Å². The van der Waals surface area contributed by atoms with E-state index in [0.717, 1.165) is 22.3 Å². The van der Waals surface area contributed by atoms with Gasteiger partial charge in [-0.2, -0.15) is 0 Å². The molecule has 0 aliphatic heterocycles. The van der Waals surface area contributed by atoms with E-state index < -0.39 is 35.5 Å². The van der Waals surface area contributed by atoms with Crippen LogP contribution in [0.25, 0.3) is 11.1 Å². The van der Waals surface area contributed by atoms with Crippen molar-refractivity contribution in [2.75, 3.05) is 6.61 Å². The number of carboxylic acids is 1. The molecule has 2 aromatic carbocycles. The lowest BCUT2D eigenvalue weighted by Gasteiger charge is -2.35. The van der Waals surface area contributed by atoms with Crippen LogP contribution in [-0.2, 0) is 14.3 Å². The number of alkyl carbamates (subject to hydrolysis) is 1. The van der Waals surface area contributed by atoms with Crippen LogP contribution in [0.4, 0.5) is 4.79 Å². The molecule has 1 aliphatic rings. The van der Waals surface area contributed by atoms with E-state index in [1.165, 1.54) is 0 Å². The highest BCUT2D eigenvalue weighted by Gasteiger charge is 2.40. The van der Waals surface area contributed by atoms with E-state index in [1.807, 2.05) is 50.2 Å². The number of carbonyl (C=O) groups excluding carboxylic acids is 2. The second kappa shape index (κ2) is 10.3. The van der Waals surface area contributed by atoms with Gasteiger partial charge in [-0.25, -0.2) is 4.79 Å². The van der Waals surface area contributed by atoms with Gasteiger partial charge < -0.3 is 20.5 Å².